The monoisotopic (exact) mass is 365 g/mol. The first-order valence-corrected chi connectivity index (χ1v) is 7.51. The van der Waals surface area contributed by atoms with E-state index < -0.39 is 32.4 Å². The fraction of sp³-hybridized carbons (Fsp3) is 0. The van der Waals surface area contributed by atoms with Crippen LogP contribution in [0.3, 0.4) is 0 Å². The summed E-state index contributed by atoms with van der Waals surface area (Å²) in [7, 11) is -4.39. The number of nitrogens with one attached hydrogen (secondary N) is 1. The maximum absolute atomic E-state index is 13.6. The molecule has 0 unspecified atom stereocenters. The molecular weight excluding hydrogens is 359 g/mol. The van der Waals surface area contributed by atoms with E-state index in [0.29, 0.717) is 6.07 Å². The van der Waals surface area contributed by atoms with Crippen LogP contribution in [-0.2, 0) is 10.0 Å². The maximum Gasteiger partial charge on any atom is 0.266 e. The maximum atomic E-state index is 13.6. The Bertz CT molecular complexity index is 742. The van der Waals surface area contributed by atoms with Crippen LogP contribution in [-0.4, -0.2) is 8.42 Å². The summed E-state index contributed by atoms with van der Waals surface area (Å²) < 4.78 is 65.7. The van der Waals surface area contributed by atoms with Crippen molar-refractivity contribution < 1.29 is 21.6 Å². The fourth-order valence-electron chi connectivity index (χ4n) is 1.53. The van der Waals surface area contributed by atoms with Gasteiger partial charge in [-0.2, -0.15) is 0 Å². The van der Waals surface area contributed by atoms with E-state index in [4.69, 9.17) is 0 Å². The predicted molar refractivity (Wildman–Crippen MR) is 71.3 cm³/mol. The van der Waals surface area contributed by atoms with E-state index in [1.54, 1.807) is 0 Å². The highest BCUT2D eigenvalue weighted by Gasteiger charge is 2.24. The Balaban J connectivity index is 2.50. The Hall–Kier alpha value is -1.54. The highest BCUT2D eigenvalue weighted by atomic mass is 79.9. The van der Waals surface area contributed by atoms with Gasteiger partial charge in [0.1, 0.15) is 22.3 Å². The van der Waals surface area contributed by atoms with Crippen molar-refractivity contribution in [2.75, 3.05) is 4.72 Å². The number of hydrogen-bond donors (Lipinski definition) is 1. The van der Waals surface area contributed by atoms with Gasteiger partial charge in [0, 0.05) is 10.5 Å². The van der Waals surface area contributed by atoms with Gasteiger partial charge in [-0.3, -0.25) is 4.72 Å². The van der Waals surface area contributed by atoms with Gasteiger partial charge in [0.2, 0.25) is 0 Å². The van der Waals surface area contributed by atoms with Gasteiger partial charge >= 0.3 is 0 Å². The Morgan fingerprint density at radius 3 is 2.25 bits per heavy atom. The Morgan fingerprint density at radius 1 is 1.00 bits per heavy atom. The zero-order valence-electron chi connectivity index (χ0n) is 9.70. The third-order valence-corrected chi connectivity index (χ3v) is 4.68. The predicted octanol–water partition coefficient (Wildman–Crippen LogP) is 3.67. The minimum atomic E-state index is -4.39. The molecule has 2 aromatic rings. The van der Waals surface area contributed by atoms with E-state index in [2.05, 4.69) is 15.9 Å². The van der Waals surface area contributed by atoms with Gasteiger partial charge in [0.25, 0.3) is 10.0 Å². The molecule has 0 saturated carbocycles. The first kappa shape index (κ1) is 14.9. The zero-order valence-corrected chi connectivity index (χ0v) is 12.1. The molecule has 0 saturated heterocycles. The number of sulfonamides is 1. The fourth-order valence-corrected chi connectivity index (χ4v) is 3.76. The van der Waals surface area contributed by atoms with E-state index in [1.807, 2.05) is 4.72 Å². The van der Waals surface area contributed by atoms with Crippen molar-refractivity contribution in [3.8, 4) is 0 Å². The van der Waals surface area contributed by atoms with Crippen LogP contribution < -0.4 is 4.72 Å². The van der Waals surface area contributed by atoms with Crippen LogP contribution in [0.1, 0.15) is 0 Å². The average Bonchev–Trinajstić information content (AvgIpc) is 2.30. The van der Waals surface area contributed by atoms with E-state index in [9.17, 15) is 21.6 Å². The van der Waals surface area contributed by atoms with Crippen LogP contribution >= 0.6 is 15.9 Å². The molecule has 0 radical (unpaired) electrons. The molecule has 0 aliphatic carbocycles. The quantitative estimate of drug-likeness (QED) is 0.901. The number of benzene rings is 2. The van der Waals surface area contributed by atoms with Crippen LogP contribution in [0.4, 0.5) is 18.9 Å². The molecule has 20 heavy (non-hydrogen) atoms. The van der Waals surface area contributed by atoms with E-state index >= 15 is 0 Å². The molecular formula is C12H7BrF3NO2S. The summed E-state index contributed by atoms with van der Waals surface area (Å²) >= 11 is 2.77. The number of halogens is 4. The normalized spacial score (nSPS) is 11.4. The Morgan fingerprint density at radius 2 is 1.65 bits per heavy atom. The van der Waals surface area contributed by atoms with Crippen molar-refractivity contribution in [3.05, 3.63) is 58.3 Å². The van der Waals surface area contributed by atoms with Crippen molar-refractivity contribution in [1.82, 2.24) is 0 Å². The number of anilines is 1. The lowest BCUT2D eigenvalue weighted by Gasteiger charge is -2.11. The third kappa shape index (κ3) is 2.96. The number of rotatable bonds is 3. The van der Waals surface area contributed by atoms with Crippen molar-refractivity contribution in [3.63, 3.8) is 0 Å². The summed E-state index contributed by atoms with van der Waals surface area (Å²) in [6.45, 7) is 0. The minimum absolute atomic E-state index is 0.293. The summed E-state index contributed by atoms with van der Waals surface area (Å²) in [5.74, 6) is -3.02. The molecule has 0 amide bonds. The zero-order chi connectivity index (χ0) is 14.9. The molecule has 2 rings (SSSR count). The van der Waals surface area contributed by atoms with Crippen molar-refractivity contribution in [2.24, 2.45) is 0 Å². The smallest absolute Gasteiger partial charge is 0.266 e. The van der Waals surface area contributed by atoms with Gasteiger partial charge in [-0.1, -0.05) is 12.1 Å². The molecule has 106 valence electrons. The summed E-state index contributed by atoms with van der Waals surface area (Å²) in [4.78, 5) is -0.790. The third-order valence-electron chi connectivity index (χ3n) is 2.35. The standard InChI is InChI=1S/C12H7BrF3NO2S/c13-8-5-7(14)6-10(16)12(8)20(18,19)17-11-4-2-1-3-9(11)15/h1-6,17H. The molecule has 1 N–H and O–H groups in total. The summed E-state index contributed by atoms with van der Waals surface area (Å²) in [6, 6.07) is 6.26. The van der Waals surface area contributed by atoms with E-state index in [-0.39, 0.29) is 10.2 Å². The molecule has 8 heteroatoms. The molecule has 0 fully saturated rings. The van der Waals surface area contributed by atoms with Crippen LogP contribution in [0.15, 0.2) is 45.8 Å². The molecule has 3 nitrogen and oxygen atoms in total. The largest absolute Gasteiger partial charge is 0.277 e. The number of hydrogen-bond acceptors (Lipinski definition) is 2. The first-order chi connectivity index (χ1) is 9.31. The van der Waals surface area contributed by atoms with Gasteiger partial charge in [-0.25, -0.2) is 21.6 Å². The lowest BCUT2D eigenvalue weighted by molar-refractivity contribution is 0.548. The van der Waals surface area contributed by atoms with E-state index in [0.717, 1.165) is 12.1 Å². The molecule has 0 aliphatic heterocycles. The molecule has 0 aliphatic rings. The average molecular weight is 366 g/mol. The second-order valence-electron chi connectivity index (χ2n) is 3.78. The van der Waals surface area contributed by atoms with Crippen LogP contribution in [0.2, 0.25) is 0 Å². The van der Waals surface area contributed by atoms with Crippen molar-refractivity contribution >= 4 is 31.6 Å². The van der Waals surface area contributed by atoms with Crippen LogP contribution in [0.25, 0.3) is 0 Å². The minimum Gasteiger partial charge on any atom is -0.277 e. The SMILES string of the molecule is O=S(=O)(Nc1ccccc1F)c1c(F)cc(F)cc1Br. The second kappa shape index (κ2) is 5.45. The van der Waals surface area contributed by atoms with Gasteiger partial charge in [-0.15, -0.1) is 0 Å². The molecule has 0 spiro atoms. The lowest BCUT2D eigenvalue weighted by atomic mass is 10.3. The second-order valence-corrected chi connectivity index (χ2v) is 6.26. The highest BCUT2D eigenvalue weighted by molar-refractivity contribution is 9.10. The highest BCUT2D eigenvalue weighted by Crippen LogP contribution is 2.28. The summed E-state index contributed by atoms with van der Waals surface area (Å²) in [5.41, 5.74) is -0.330. The molecule has 0 bridgehead atoms. The van der Waals surface area contributed by atoms with E-state index in [1.165, 1.54) is 18.2 Å². The van der Waals surface area contributed by atoms with Gasteiger partial charge in [0.15, 0.2) is 0 Å². The topological polar surface area (TPSA) is 46.2 Å². The Kier molecular flexibility index (Phi) is 4.05. The van der Waals surface area contributed by atoms with Crippen molar-refractivity contribution in [2.45, 2.75) is 4.90 Å². The van der Waals surface area contributed by atoms with Crippen molar-refractivity contribution in [1.29, 1.82) is 0 Å². The van der Waals surface area contributed by atoms with Gasteiger partial charge < -0.3 is 0 Å². The van der Waals surface area contributed by atoms with Crippen LogP contribution in [0.5, 0.6) is 0 Å². The molecule has 0 heterocycles. The summed E-state index contributed by atoms with van der Waals surface area (Å²) in [6.07, 6.45) is 0. The van der Waals surface area contributed by atoms with Gasteiger partial charge in [0.05, 0.1) is 5.69 Å². The molecule has 0 atom stereocenters. The lowest BCUT2D eigenvalue weighted by Crippen LogP contribution is -2.16. The Labute approximate surface area is 121 Å². The first-order valence-electron chi connectivity index (χ1n) is 5.23. The molecule has 2 aromatic carbocycles. The van der Waals surface area contributed by atoms with Crippen LogP contribution in [0, 0.1) is 17.5 Å². The summed E-state index contributed by atoms with van der Waals surface area (Å²) in [5, 5.41) is 0. The molecule has 0 aromatic heterocycles. The van der Waals surface area contributed by atoms with Gasteiger partial charge in [-0.05, 0) is 34.1 Å². The number of para-hydroxylation sites is 1.